The first-order valence-electron chi connectivity index (χ1n) is 9.37. The van der Waals surface area contributed by atoms with Crippen LogP contribution in [-0.4, -0.2) is 40.1 Å². The number of imidazole rings is 1. The van der Waals surface area contributed by atoms with E-state index in [0.29, 0.717) is 0 Å². The molecule has 4 nitrogen and oxygen atoms in total. The van der Waals surface area contributed by atoms with Crippen molar-refractivity contribution in [1.82, 2.24) is 19.4 Å². The minimum absolute atomic E-state index is 0.841. The lowest BCUT2D eigenvalue weighted by Gasteiger charge is -2.10. The first-order valence-corrected chi connectivity index (χ1v) is 9.37. The molecule has 0 saturated heterocycles. The Morgan fingerprint density at radius 2 is 1.81 bits per heavy atom. The monoisotopic (exact) mass is 358 g/mol. The molecule has 0 N–H and O–H groups in total. The molecule has 27 heavy (non-hydrogen) atoms. The maximum atomic E-state index is 4.59. The fourth-order valence-corrected chi connectivity index (χ4v) is 2.96. The van der Waals surface area contributed by atoms with Crippen molar-refractivity contribution in [2.75, 3.05) is 20.6 Å². The molecule has 2 heterocycles. The highest BCUT2D eigenvalue weighted by molar-refractivity contribution is 5.59. The fraction of sp³-hybridized carbons (Fsp3) is 0.304. The van der Waals surface area contributed by atoms with E-state index in [4.69, 9.17) is 0 Å². The lowest BCUT2D eigenvalue weighted by Crippen LogP contribution is -2.12. The fourth-order valence-electron chi connectivity index (χ4n) is 2.96. The third-order valence-corrected chi connectivity index (χ3v) is 4.41. The largest absolute Gasteiger partial charge is 0.317 e. The van der Waals surface area contributed by atoms with Crippen molar-refractivity contribution in [1.29, 1.82) is 0 Å². The molecule has 0 aliphatic heterocycles. The molecule has 4 heteroatoms. The van der Waals surface area contributed by atoms with Crippen LogP contribution in [-0.2, 0) is 13.0 Å². The van der Waals surface area contributed by atoms with E-state index in [1.54, 1.807) is 0 Å². The van der Waals surface area contributed by atoms with E-state index in [0.717, 1.165) is 49.4 Å². The van der Waals surface area contributed by atoms with Gasteiger partial charge in [0.1, 0.15) is 0 Å². The van der Waals surface area contributed by atoms with Crippen LogP contribution in [0.25, 0.3) is 11.3 Å². The standard InChI is InChI=1S/C23H26N4/c1-26(2)17-7-6-12-23-25-19-22(21-13-15-24-16-14-21)27(23)18-8-11-20-9-4-3-5-10-20/h3-5,9-10,13-16,19H,7-8,11,17-18H2,1-2H3. The van der Waals surface area contributed by atoms with Crippen LogP contribution in [0.4, 0.5) is 0 Å². The zero-order chi connectivity index (χ0) is 18.9. The number of aromatic nitrogens is 3. The molecule has 3 rings (SSSR count). The van der Waals surface area contributed by atoms with Crippen LogP contribution in [0.1, 0.15) is 24.2 Å². The lowest BCUT2D eigenvalue weighted by molar-refractivity contribution is 0.420. The van der Waals surface area contributed by atoms with E-state index < -0.39 is 0 Å². The molecule has 1 aromatic carbocycles. The Kier molecular flexibility index (Phi) is 6.78. The molecule has 0 unspecified atom stereocenters. The summed E-state index contributed by atoms with van der Waals surface area (Å²) in [7, 11) is 4.13. The van der Waals surface area contributed by atoms with Gasteiger partial charge in [0.25, 0.3) is 0 Å². The van der Waals surface area contributed by atoms with Crippen molar-refractivity contribution in [2.45, 2.75) is 25.8 Å². The van der Waals surface area contributed by atoms with Gasteiger partial charge in [-0.2, -0.15) is 0 Å². The minimum atomic E-state index is 0.841. The maximum Gasteiger partial charge on any atom is 0.185 e. The molecule has 0 amide bonds. The third kappa shape index (κ3) is 5.54. The molecule has 0 radical (unpaired) electrons. The second-order valence-electron chi connectivity index (χ2n) is 6.80. The van der Waals surface area contributed by atoms with E-state index in [9.17, 15) is 0 Å². The highest BCUT2D eigenvalue weighted by atomic mass is 15.1. The summed E-state index contributed by atoms with van der Waals surface area (Å²) in [4.78, 5) is 10.9. The third-order valence-electron chi connectivity index (χ3n) is 4.41. The summed E-state index contributed by atoms with van der Waals surface area (Å²) in [5.74, 6) is 7.37. The number of pyridine rings is 1. The van der Waals surface area contributed by atoms with E-state index in [2.05, 4.69) is 75.7 Å². The number of hydrogen-bond donors (Lipinski definition) is 0. The molecule has 0 fully saturated rings. The van der Waals surface area contributed by atoms with Gasteiger partial charge in [-0.3, -0.25) is 4.98 Å². The van der Waals surface area contributed by atoms with Gasteiger partial charge in [0.15, 0.2) is 5.82 Å². The predicted molar refractivity (Wildman–Crippen MR) is 110 cm³/mol. The highest BCUT2D eigenvalue weighted by Crippen LogP contribution is 2.20. The van der Waals surface area contributed by atoms with Crippen LogP contribution in [0.5, 0.6) is 0 Å². The van der Waals surface area contributed by atoms with Crippen molar-refractivity contribution in [3.63, 3.8) is 0 Å². The second-order valence-corrected chi connectivity index (χ2v) is 6.80. The number of aryl methyl sites for hydroxylation is 1. The number of rotatable bonds is 7. The van der Waals surface area contributed by atoms with Crippen LogP contribution >= 0.6 is 0 Å². The molecule has 0 bridgehead atoms. The zero-order valence-corrected chi connectivity index (χ0v) is 16.1. The Hall–Kier alpha value is -2.90. The average Bonchev–Trinajstić information content (AvgIpc) is 3.09. The Labute approximate surface area is 161 Å². The van der Waals surface area contributed by atoms with Crippen molar-refractivity contribution in [2.24, 2.45) is 0 Å². The van der Waals surface area contributed by atoms with Crippen LogP contribution in [0, 0.1) is 11.8 Å². The molecule has 0 atom stereocenters. The summed E-state index contributed by atoms with van der Waals surface area (Å²) >= 11 is 0. The Morgan fingerprint density at radius 3 is 2.56 bits per heavy atom. The molecular weight excluding hydrogens is 332 g/mol. The Balaban J connectivity index is 1.78. The molecule has 3 aromatic rings. The first-order chi connectivity index (χ1) is 13.2. The van der Waals surface area contributed by atoms with Gasteiger partial charge in [0, 0.05) is 37.5 Å². The second kappa shape index (κ2) is 9.70. The zero-order valence-electron chi connectivity index (χ0n) is 16.1. The number of hydrogen-bond acceptors (Lipinski definition) is 3. The van der Waals surface area contributed by atoms with E-state index in [-0.39, 0.29) is 0 Å². The topological polar surface area (TPSA) is 34.0 Å². The van der Waals surface area contributed by atoms with Gasteiger partial charge in [-0.1, -0.05) is 36.3 Å². The summed E-state index contributed by atoms with van der Waals surface area (Å²) in [6.45, 7) is 1.85. The van der Waals surface area contributed by atoms with Gasteiger partial charge in [0.2, 0.25) is 0 Å². The van der Waals surface area contributed by atoms with Crippen LogP contribution in [0.2, 0.25) is 0 Å². The van der Waals surface area contributed by atoms with Gasteiger partial charge >= 0.3 is 0 Å². The van der Waals surface area contributed by atoms with Crippen molar-refractivity contribution in [3.05, 3.63) is 72.4 Å². The van der Waals surface area contributed by atoms with Gasteiger partial charge in [-0.05, 0) is 50.6 Å². The normalized spacial score (nSPS) is 10.6. The molecule has 138 valence electrons. The van der Waals surface area contributed by atoms with Gasteiger partial charge in [-0.25, -0.2) is 4.98 Å². The summed E-state index contributed by atoms with van der Waals surface area (Å²) in [5.41, 5.74) is 3.59. The van der Waals surface area contributed by atoms with E-state index in [1.807, 2.05) is 30.7 Å². The summed E-state index contributed by atoms with van der Waals surface area (Å²) < 4.78 is 2.24. The quantitative estimate of drug-likeness (QED) is 0.601. The van der Waals surface area contributed by atoms with Crippen molar-refractivity contribution in [3.8, 4) is 23.1 Å². The van der Waals surface area contributed by atoms with Gasteiger partial charge in [-0.15, -0.1) is 0 Å². The van der Waals surface area contributed by atoms with Gasteiger partial charge in [0.05, 0.1) is 11.9 Å². The molecule has 0 spiro atoms. The smallest absolute Gasteiger partial charge is 0.185 e. The number of nitrogens with zero attached hydrogens (tertiary/aromatic N) is 4. The molecule has 0 aliphatic rings. The van der Waals surface area contributed by atoms with E-state index in [1.165, 1.54) is 5.56 Å². The Bertz CT molecular complexity index is 886. The van der Waals surface area contributed by atoms with Crippen molar-refractivity contribution >= 4 is 0 Å². The van der Waals surface area contributed by atoms with Crippen LogP contribution < -0.4 is 0 Å². The highest BCUT2D eigenvalue weighted by Gasteiger charge is 2.10. The lowest BCUT2D eigenvalue weighted by atomic mass is 10.1. The summed E-state index contributed by atoms with van der Waals surface area (Å²) in [6, 6.07) is 14.6. The van der Waals surface area contributed by atoms with E-state index >= 15 is 0 Å². The molecular formula is C23H26N4. The average molecular weight is 358 g/mol. The van der Waals surface area contributed by atoms with Crippen molar-refractivity contribution < 1.29 is 0 Å². The minimum Gasteiger partial charge on any atom is -0.317 e. The predicted octanol–water partition coefficient (Wildman–Crippen LogP) is 3.88. The molecule has 0 aliphatic carbocycles. The SMILES string of the molecule is CN(C)CCC#Cc1ncc(-c2ccncc2)n1CCCc1ccccc1. The summed E-state index contributed by atoms with van der Waals surface area (Å²) in [5, 5.41) is 0. The maximum absolute atomic E-state index is 4.59. The first kappa shape index (κ1) is 18.9. The Morgan fingerprint density at radius 1 is 1.04 bits per heavy atom. The number of benzene rings is 1. The molecule has 2 aromatic heterocycles. The van der Waals surface area contributed by atoms with Gasteiger partial charge < -0.3 is 9.47 Å². The van der Waals surface area contributed by atoms with Crippen LogP contribution in [0.15, 0.2) is 61.1 Å². The summed E-state index contributed by atoms with van der Waals surface area (Å²) in [6.07, 6.45) is 8.49. The van der Waals surface area contributed by atoms with Crippen LogP contribution in [0.3, 0.4) is 0 Å². The molecule has 0 saturated carbocycles.